The van der Waals surface area contributed by atoms with Gasteiger partial charge in [-0.1, -0.05) is 36.4 Å². The highest BCUT2D eigenvalue weighted by molar-refractivity contribution is 5.13. The van der Waals surface area contributed by atoms with E-state index in [1.165, 1.54) is 6.07 Å². The minimum absolute atomic E-state index is 0.326. The number of hydrogen-bond acceptors (Lipinski definition) is 2. The first-order chi connectivity index (χ1) is 7.84. The van der Waals surface area contributed by atoms with Crippen molar-refractivity contribution in [2.24, 2.45) is 0 Å². The van der Waals surface area contributed by atoms with E-state index >= 15 is 0 Å². The molecule has 0 amide bonds. The number of rotatable bonds is 4. The molecule has 0 fully saturated rings. The molecule has 0 radical (unpaired) electrons. The molecule has 1 aromatic carbocycles. The Balaban J connectivity index is 1.85. The van der Waals surface area contributed by atoms with Gasteiger partial charge in [0.15, 0.2) is 0 Å². The fourth-order valence-corrected chi connectivity index (χ4v) is 1.38. The first-order valence-electron chi connectivity index (χ1n) is 5.08. The molecule has 2 nitrogen and oxygen atoms in total. The van der Waals surface area contributed by atoms with Gasteiger partial charge in [0.25, 0.3) is 0 Å². The Kier molecular flexibility index (Phi) is 3.62. The van der Waals surface area contributed by atoms with Crippen LogP contribution >= 0.6 is 0 Å². The van der Waals surface area contributed by atoms with E-state index in [1.54, 1.807) is 12.1 Å². The van der Waals surface area contributed by atoms with Gasteiger partial charge in [0.05, 0.1) is 18.9 Å². The maximum absolute atomic E-state index is 12.8. The third-order valence-corrected chi connectivity index (χ3v) is 2.13. The molecule has 0 spiro atoms. The van der Waals surface area contributed by atoms with Crippen LogP contribution in [0.3, 0.4) is 0 Å². The zero-order chi connectivity index (χ0) is 11.2. The summed E-state index contributed by atoms with van der Waals surface area (Å²) < 4.78 is 18.2. The Bertz CT molecular complexity index is 445. The van der Waals surface area contributed by atoms with E-state index in [0.717, 1.165) is 5.56 Å². The molecule has 0 atom stereocenters. The molecule has 0 aliphatic rings. The maximum Gasteiger partial charge on any atom is 0.213 e. The molecule has 2 rings (SSSR count). The average Bonchev–Trinajstić information content (AvgIpc) is 2.30. The highest BCUT2D eigenvalue weighted by atomic mass is 19.1. The SMILES string of the molecule is Fc1cccc(COCc2ccccc2)n1. The van der Waals surface area contributed by atoms with Crippen molar-refractivity contribution in [3.05, 3.63) is 65.7 Å². The van der Waals surface area contributed by atoms with Gasteiger partial charge in [-0.05, 0) is 17.7 Å². The highest BCUT2D eigenvalue weighted by Crippen LogP contribution is 2.04. The van der Waals surface area contributed by atoms with E-state index in [4.69, 9.17) is 4.74 Å². The van der Waals surface area contributed by atoms with E-state index in [1.807, 2.05) is 30.3 Å². The number of halogens is 1. The summed E-state index contributed by atoms with van der Waals surface area (Å²) in [6.45, 7) is 0.839. The average molecular weight is 217 g/mol. The summed E-state index contributed by atoms with van der Waals surface area (Å²) in [5.74, 6) is -0.471. The summed E-state index contributed by atoms with van der Waals surface area (Å²) in [5.41, 5.74) is 1.70. The van der Waals surface area contributed by atoms with E-state index < -0.39 is 5.95 Å². The van der Waals surface area contributed by atoms with Crippen molar-refractivity contribution >= 4 is 0 Å². The van der Waals surface area contributed by atoms with E-state index in [9.17, 15) is 4.39 Å². The van der Waals surface area contributed by atoms with Crippen LogP contribution in [-0.4, -0.2) is 4.98 Å². The van der Waals surface area contributed by atoms with Gasteiger partial charge in [-0.3, -0.25) is 0 Å². The van der Waals surface area contributed by atoms with Crippen molar-refractivity contribution in [1.29, 1.82) is 0 Å². The van der Waals surface area contributed by atoms with Gasteiger partial charge in [0, 0.05) is 0 Å². The van der Waals surface area contributed by atoms with Crippen LogP contribution in [0.1, 0.15) is 11.3 Å². The number of nitrogens with zero attached hydrogens (tertiary/aromatic N) is 1. The van der Waals surface area contributed by atoms with Crippen molar-refractivity contribution in [1.82, 2.24) is 4.98 Å². The number of pyridine rings is 1. The Hall–Kier alpha value is -1.74. The molecule has 82 valence electrons. The van der Waals surface area contributed by atoms with Gasteiger partial charge in [-0.2, -0.15) is 4.39 Å². The monoisotopic (exact) mass is 217 g/mol. The first-order valence-corrected chi connectivity index (χ1v) is 5.08. The molecular formula is C13H12FNO. The molecule has 0 N–H and O–H groups in total. The van der Waals surface area contributed by atoms with Crippen molar-refractivity contribution in [2.75, 3.05) is 0 Å². The Labute approximate surface area is 93.7 Å². The van der Waals surface area contributed by atoms with Gasteiger partial charge in [-0.25, -0.2) is 4.98 Å². The van der Waals surface area contributed by atoms with Crippen molar-refractivity contribution in [2.45, 2.75) is 13.2 Å². The summed E-state index contributed by atoms with van der Waals surface area (Å²) >= 11 is 0. The van der Waals surface area contributed by atoms with Crippen LogP contribution in [0, 0.1) is 5.95 Å². The fraction of sp³-hybridized carbons (Fsp3) is 0.154. The third kappa shape index (κ3) is 3.14. The number of aromatic nitrogens is 1. The van der Waals surface area contributed by atoms with E-state index in [2.05, 4.69) is 4.98 Å². The van der Waals surface area contributed by atoms with E-state index in [0.29, 0.717) is 18.9 Å². The minimum Gasteiger partial charge on any atom is -0.370 e. The second-order valence-electron chi connectivity index (χ2n) is 3.43. The lowest BCUT2D eigenvalue weighted by Gasteiger charge is -2.03. The predicted octanol–water partition coefficient (Wildman–Crippen LogP) is 2.94. The van der Waals surface area contributed by atoms with Gasteiger partial charge in [0.1, 0.15) is 0 Å². The van der Waals surface area contributed by atoms with Crippen LogP contribution in [-0.2, 0) is 18.0 Å². The second kappa shape index (κ2) is 5.37. The molecule has 16 heavy (non-hydrogen) atoms. The van der Waals surface area contributed by atoms with Gasteiger partial charge >= 0.3 is 0 Å². The van der Waals surface area contributed by atoms with Crippen LogP contribution < -0.4 is 0 Å². The summed E-state index contributed by atoms with van der Waals surface area (Å²) in [6.07, 6.45) is 0. The van der Waals surface area contributed by atoms with Crippen LogP contribution in [0.25, 0.3) is 0 Å². The zero-order valence-corrected chi connectivity index (χ0v) is 8.77. The van der Waals surface area contributed by atoms with Crippen molar-refractivity contribution in [3.63, 3.8) is 0 Å². The molecule has 0 aliphatic carbocycles. The molecule has 0 saturated heterocycles. The number of benzene rings is 1. The maximum atomic E-state index is 12.8. The summed E-state index contributed by atoms with van der Waals surface area (Å²) in [4.78, 5) is 3.71. The molecule has 0 aliphatic heterocycles. The summed E-state index contributed by atoms with van der Waals surface area (Å²) in [6, 6.07) is 14.5. The molecule has 0 bridgehead atoms. The van der Waals surface area contributed by atoms with Crippen molar-refractivity contribution in [3.8, 4) is 0 Å². The molecule has 0 unspecified atom stereocenters. The van der Waals surface area contributed by atoms with Gasteiger partial charge in [-0.15, -0.1) is 0 Å². The lowest BCUT2D eigenvalue weighted by Crippen LogP contribution is -1.97. The Morgan fingerprint density at radius 1 is 0.938 bits per heavy atom. The Morgan fingerprint density at radius 3 is 2.50 bits per heavy atom. The quantitative estimate of drug-likeness (QED) is 0.734. The van der Waals surface area contributed by atoms with Crippen molar-refractivity contribution < 1.29 is 9.13 Å². The lowest BCUT2D eigenvalue weighted by molar-refractivity contribution is 0.104. The van der Waals surface area contributed by atoms with Crippen LogP contribution in [0.15, 0.2) is 48.5 Å². The molecular weight excluding hydrogens is 205 g/mol. The number of hydrogen-bond donors (Lipinski definition) is 0. The number of ether oxygens (including phenoxy) is 1. The van der Waals surface area contributed by atoms with Crippen LogP contribution in [0.2, 0.25) is 0 Å². The Morgan fingerprint density at radius 2 is 1.75 bits per heavy atom. The zero-order valence-electron chi connectivity index (χ0n) is 8.77. The molecule has 1 heterocycles. The summed E-state index contributed by atoms with van der Waals surface area (Å²) in [7, 11) is 0. The fourth-order valence-electron chi connectivity index (χ4n) is 1.38. The minimum atomic E-state index is -0.471. The molecule has 0 saturated carbocycles. The predicted molar refractivity (Wildman–Crippen MR) is 59.1 cm³/mol. The molecule has 2 aromatic rings. The molecule has 3 heteroatoms. The standard InChI is InChI=1S/C13H12FNO/c14-13-8-4-7-12(15-13)10-16-9-11-5-2-1-3-6-11/h1-8H,9-10H2. The highest BCUT2D eigenvalue weighted by Gasteiger charge is 1.97. The normalized spacial score (nSPS) is 10.3. The lowest BCUT2D eigenvalue weighted by atomic mass is 10.2. The largest absolute Gasteiger partial charge is 0.370 e. The van der Waals surface area contributed by atoms with Gasteiger partial charge in [0.2, 0.25) is 5.95 Å². The van der Waals surface area contributed by atoms with Crippen LogP contribution in [0.5, 0.6) is 0 Å². The smallest absolute Gasteiger partial charge is 0.213 e. The first kappa shape index (κ1) is 10.8. The summed E-state index contributed by atoms with van der Waals surface area (Å²) in [5, 5.41) is 0. The van der Waals surface area contributed by atoms with Crippen LogP contribution in [0.4, 0.5) is 4.39 Å². The van der Waals surface area contributed by atoms with E-state index in [-0.39, 0.29) is 0 Å². The van der Waals surface area contributed by atoms with Gasteiger partial charge < -0.3 is 4.74 Å². The topological polar surface area (TPSA) is 22.1 Å². The third-order valence-electron chi connectivity index (χ3n) is 2.13. The second-order valence-corrected chi connectivity index (χ2v) is 3.43. The molecule has 1 aromatic heterocycles.